The first-order valence-corrected chi connectivity index (χ1v) is 18.4. The molecule has 0 saturated carbocycles. The van der Waals surface area contributed by atoms with Crippen molar-refractivity contribution >= 4 is 27.7 Å². The average molecular weight is 792 g/mol. The molecule has 11 heteroatoms. The molecule has 0 aliphatic heterocycles. The van der Waals surface area contributed by atoms with Crippen LogP contribution in [0.1, 0.15) is 54.6 Å². The second-order valence-corrected chi connectivity index (χ2v) is 13.9. The van der Waals surface area contributed by atoms with Crippen molar-refractivity contribution in [2.75, 3.05) is 0 Å². The van der Waals surface area contributed by atoms with Crippen LogP contribution in [0.4, 0.5) is 0 Å². The number of rotatable bonds is 9. The van der Waals surface area contributed by atoms with Crippen molar-refractivity contribution in [1.82, 2.24) is 40.5 Å². The van der Waals surface area contributed by atoms with Crippen LogP contribution in [0.3, 0.4) is 0 Å². The van der Waals surface area contributed by atoms with Gasteiger partial charge in [-0.1, -0.05) is 75.6 Å². The Morgan fingerprint density at radius 2 is 0.927 bits per heavy atom. The van der Waals surface area contributed by atoms with Crippen molar-refractivity contribution < 1.29 is 9.59 Å². The fraction of sp³-hybridized carbons (Fsp3) is 0.136. The van der Waals surface area contributed by atoms with Gasteiger partial charge in [0, 0.05) is 82.6 Å². The molecule has 0 spiro atoms. The van der Waals surface area contributed by atoms with E-state index >= 15 is 0 Å². The van der Waals surface area contributed by atoms with Gasteiger partial charge in [0.25, 0.3) is 11.8 Å². The first-order chi connectivity index (χ1) is 26.6. The average Bonchev–Trinajstić information content (AvgIpc) is 3.21. The minimum atomic E-state index is -0.179. The molecule has 274 valence electrons. The summed E-state index contributed by atoms with van der Waals surface area (Å²) in [7, 11) is 0. The molecular weight excluding hydrogens is 752 g/mol. The summed E-state index contributed by atoms with van der Waals surface area (Å²) in [6, 6.07) is 29.6. The Labute approximate surface area is 328 Å². The number of amides is 2. The molecule has 2 N–H and O–H groups in total. The molecule has 3 aromatic heterocycles. The van der Waals surface area contributed by atoms with Gasteiger partial charge < -0.3 is 10.6 Å². The maximum atomic E-state index is 12.9. The van der Waals surface area contributed by atoms with E-state index in [9.17, 15) is 9.59 Å². The minimum Gasteiger partial charge on any atom is -0.348 e. The van der Waals surface area contributed by atoms with Crippen LogP contribution >= 0.6 is 15.9 Å². The van der Waals surface area contributed by atoms with Crippen molar-refractivity contribution in [3.05, 3.63) is 178 Å². The lowest BCUT2D eigenvalue weighted by Gasteiger charge is -2.11. The van der Waals surface area contributed by atoms with Gasteiger partial charge in [-0.05, 0) is 92.4 Å². The lowest BCUT2D eigenvalue weighted by atomic mass is 9.98. The van der Waals surface area contributed by atoms with E-state index in [0.29, 0.717) is 41.7 Å². The molecule has 4 aromatic carbocycles. The van der Waals surface area contributed by atoms with Gasteiger partial charge in [-0.15, -0.1) is 0 Å². The smallest absolute Gasteiger partial charge is 0.251 e. The van der Waals surface area contributed by atoms with Crippen LogP contribution in [0.25, 0.3) is 33.6 Å². The maximum Gasteiger partial charge on any atom is 0.251 e. The number of carbonyl (C=O) groups is 2. The normalized spacial score (nSPS) is 10.6. The third-order valence-corrected chi connectivity index (χ3v) is 8.98. The lowest BCUT2D eigenvalue weighted by Crippen LogP contribution is -2.23. The molecule has 0 aliphatic rings. The monoisotopic (exact) mass is 790 g/mol. The van der Waals surface area contributed by atoms with Crippen LogP contribution < -0.4 is 10.6 Å². The molecule has 0 unspecified atom stereocenters. The van der Waals surface area contributed by atoms with Gasteiger partial charge in [0.15, 0.2) is 5.82 Å². The van der Waals surface area contributed by atoms with E-state index in [1.165, 1.54) is 11.1 Å². The third kappa shape index (κ3) is 10.8. The van der Waals surface area contributed by atoms with Crippen LogP contribution in [-0.4, -0.2) is 41.7 Å². The molecule has 55 heavy (non-hydrogen) atoms. The summed E-state index contributed by atoms with van der Waals surface area (Å²) in [5.74, 6) is 1.68. The van der Waals surface area contributed by atoms with Crippen molar-refractivity contribution in [1.29, 1.82) is 0 Å². The molecule has 7 aromatic rings. The fourth-order valence-corrected chi connectivity index (χ4v) is 5.97. The topological polar surface area (TPSA) is 136 Å². The highest BCUT2D eigenvalue weighted by molar-refractivity contribution is 9.10. The Morgan fingerprint density at radius 1 is 0.509 bits per heavy atom. The molecule has 0 fully saturated rings. The Balaban J connectivity index is 0.000000190. The number of hydrogen-bond acceptors (Lipinski definition) is 8. The zero-order chi connectivity index (χ0) is 38.7. The standard InChI is InChI=1S/C24H21N5O.C20H18BrN3O/c1-16-4-6-19(7-5-16)20-10-21(23-25-8-3-9-26-23)12-22(11-20)24(30)29-15-18-13-27-17(2)28-14-18;1-13-3-5-16(6-4-13)17-7-18(9-19(21)8-17)20(25)24-12-15-10-22-14(2)23-11-15/h3-14H,15H2,1-2H3,(H,29,30);3-11H,12H2,1-2H3,(H,24,25). The number of aryl methyl sites for hydroxylation is 4. The van der Waals surface area contributed by atoms with Crippen LogP contribution in [0.15, 0.2) is 133 Å². The number of aromatic nitrogens is 6. The Kier molecular flexibility index (Phi) is 12.6. The summed E-state index contributed by atoms with van der Waals surface area (Å²) in [5.41, 5.74) is 10.1. The van der Waals surface area contributed by atoms with Gasteiger partial charge in [0.2, 0.25) is 0 Å². The van der Waals surface area contributed by atoms with Gasteiger partial charge in [-0.25, -0.2) is 29.9 Å². The Hall–Kier alpha value is -6.46. The van der Waals surface area contributed by atoms with Crippen molar-refractivity contribution in [3.63, 3.8) is 0 Å². The minimum absolute atomic E-state index is 0.129. The van der Waals surface area contributed by atoms with Gasteiger partial charge in [-0.3, -0.25) is 9.59 Å². The fourth-order valence-electron chi connectivity index (χ4n) is 5.47. The SMILES string of the molecule is Cc1ccc(-c2cc(Br)cc(C(=O)NCc3cnc(C)nc3)c2)cc1.Cc1ccc(-c2cc(C(=O)NCc3cnc(C)nc3)cc(-c3ncccn3)c2)cc1. The van der Waals surface area contributed by atoms with E-state index in [-0.39, 0.29) is 11.8 Å². The van der Waals surface area contributed by atoms with E-state index in [2.05, 4.69) is 99.8 Å². The second kappa shape index (κ2) is 18.0. The van der Waals surface area contributed by atoms with Crippen LogP contribution in [0.5, 0.6) is 0 Å². The van der Waals surface area contributed by atoms with Crippen LogP contribution in [-0.2, 0) is 13.1 Å². The largest absolute Gasteiger partial charge is 0.348 e. The molecule has 0 bridgehead atoms. The number of nitrogens with one attached hydrogen (secondary N) is 2. The molecule has 0 atom stereocenters. The van der Waals surface area contributed by atoms with E-state index in [1.54, 1.807) is 43.2 Å². The lowest BCUT2D eigenvalue weighted by molar-refractivity contribution is 0.0943. The summed E-state index contributed by atoms with van der Waals surface area (Å²) in [6.07, 6.45) is 10.3. The van der Waals surface area contributed by atoms with Crippen molar-refractivity contribution in [2.24, 2.45) is 0 Å². The van der Waals surface area contributed by atoms with E-state index in [4.69, 9.17) is 0 Å². The first kappa shape index (κ1) is 38.3. The summed E-state index contributed by atoms with van der Waals surface area (Å²) in [4.78, 5) is 50.7. The zero-order valence-corrected chi connectivity index (χ0v) is 32.5. The number of carbonyl (C=O) groups excluding carboxylic acids is 2. The van der Waals surface area contributed by atoms with Crippen molar-refractivity contribution in [3.8, 4) is 33.6 Å². The Morgan fingerprint density at radius 3 is 1.40 bits per heavy atom. The number of benzene rings is 4. The van der Waals surface area contributed by atoms with Crippen molar-refractivity contribution in [2.45, 2.75) is 40.8 Å². The Bertz CT molecular complexity index is 2390. The highest BCUT2D eigenvalue weighted by Gasteiger charge is 2.13. The molecule has 0 radical (unpaired) electrons. The number of hydrogen-bond donors (Lipinski definition) is 2. The molecular formula is C44H39BrN8O2. The van der Waals surface area contributed by atoms with Gasteiger partial charge in [-0.2, -0.15) is 0 Å². The van der Waals surface area contributed by atoms with E-state index in [1.807, 2.05) is 69.3 Å². The maximum absolute atomic E-state index is 12.9. The van der Waals surface area contributed by atoms with Crippen LogP contribution in [0.2, 0.25) is 0 Å². The van der Waals surface area contributed by atoms with E-state index < -0.39 is 0 Å². The summed E-state index contributed by atoms with van der Waals surface area (Å²) < 4.78 is 0.870. The third-order valence-electron chi connectivity index (χ3n) is 8.52. The summed E-state index contributed by atoms with van der Waals surface area (Å²) in [5, 5.41) is 5.85. The predicted octanol–water partition coefficient (Wildman–Crippen LogP) is 8.60. The molecule has 3 heterocycles. The zero-order valence-electron chi connectivity index (χ0n) is 30.9. The highest BCUT2D eigenvalue weighted by atomic mass is 79.9. The molecule has 2 amide bonds. The van der Waals surface area contributed by atoms with E-state index in [0.717, 1.165) is 43.4 Å². The second-order valence-electron chi connectivity index (χ2n) is 13.0. The quantitative estimate of drug-likeness (QED) is 0.149. The molecule has 0 aliphatic carbocycles. The molecule has 7 rings (SSSR count). The summed E-state index contributed by atoms with van der Waals surface area (Å²) >= 11 is 3.50. The number of nitrogens with zero attached hydrogens (tertiary/aromatic N) is 6. The first-order valence-electron chi connectivity index (χ1n) is 17.6. The summed E-state index contributed by atoms with van der Waals surface area (Å²) in [6.45, 7) is 8.50. The van der Waals surface area contributed by atoms with Gasteiger partial charge in [0.1, 0.15) is 11.6 Å². The molecule has 10 nitrogen and oxygen atoms in total. The predicted molar refractivity (Wildman–Crippen MR) is 218 cm³/mol. The highest BCUT2D eigenvalue weighted by Crippen LogP contribution is 2.28. The van der Waals surface area contributed by atoms with Crippen LogP contribution in [0, 0.1) is 27.7 Å². The molecule has 0 saturated heterocycles. The van der Waals surface area contributed by atoms with Gasteiger partial charge in [0.05, 0.1) is 0 Å². The number of halogens is 1. The van der Waals surface area contributed by atoms with Gasteiger partial charge >= 0.3 is 0 Å².